The lowest BCUT2D eigenvalue weighted by Crippen LogP contribution is -2.29. The molecule has 0 saturated heterocycles. The van der Waals surface area contributed by atoms with Crippen molar-refractivity contribution in [3.8, 4) is 5.75 Å². The highest BCUT2D eigenvalue weighted by atomic mass is 17.0. The zero-order valence-corrected chi connectivity index (χ0v) is 32.4. The molecule has 4 rings (SSSR count). The molecule has 2 unspecified atom stereocenters. The molecule has 2 atom stereocenters. The minimum atomic E-state index is -0.631. The summed E-state index contributed by atoms with van der Waals surface area (Å²) >= 11 is 0. The minimum Gasteiger partial charge on any atom is -0.476 e. The number of rotatable bonds is 11. The Balaban J connectivity index is 0. The Labute approximate surface area is 303 Å². The second kappa shape index (κ2) is 30.6. The fourth-order valence-electron chi connectivity index (χ4n) is 4.43. The summed E-state index contributed by atoms with van der Waals surface area (Å²) in [5.74, 6) is 0.661. The van der Waals surface area contributed by atoms with Gasteiger partial charge in [-0.05, 0) is 70.4 Å². The maximum absolute atomic E-state index is 12.0. The van der Waals surface area contributed by atoms with Crippen molar-refractivity contribution in [2.75, 3.05) is 12.4 Å². The molecule has 0 spiro atoms. The van der Waals surface area contributed by atoms with Crippen LogP contribution in [0.1, 0.15) is 113 Å². The number of hydrogen-bond acceptors (Lipinski definition) is 6. The maximum atomic E-state index is 12.0. The molecule has 0 aliphatic carbocycles. The standard InChI is InChI=1S/C17H19NO2.C15H23NO.C7H8.2C2H6.H2O2/c1-3-13-9-11-15(12-10-13)20-16(17(19)18-2)14-7-5-4-6-8-14;1-5-6-7-12(3)16-15-9-8-11(2)10-14(15)13(4)17;1-7-5-3-2-4-6-7;3*1-2/h4-12,16H,3H2,1-2H3,(H,18,19);8-10,12,16H,5-7H2,1-4H3;2-6H,1H3;2*1-2H3;1-2H. The Morgan fingerprint density at radius 1 is 0.760 bits per heavy atom. The third-order valence-corrected chi connectivity index (χ3v) is 7.06. The first-order chi connectivity index (χ1) is 24.2. The molecule has 4 aromatic carbocycles. The Bertz CT molecular complexity index is 1390. The number of amides is 1. The van der Waals surface area contributed by atoms with Crippen LogP contribution in [0.15, 0.2) is 103 Å². The zero-order valence-electron chi connectivity index (χ0n) is 32.4. The average Bonchev–Trinajstić information content (AvgIpc) is 3.17. The van der Waals surface area contributed by atoms with E-state index in [-0.39, 0.29) is 11.7 Å². The van der Waals surface area contributed by atoms with Crippen molar-refractivity contribution >= 4 is 17.4 Å². The van der Waals surface area contributed by atoms with Crippen LogP contribution in [-0.2, 0) is 11.2 Å². The van der Waals surface area contributed by atoms with Gasteiger partial charge in [0.25, 0.3) is 5.91 Å². The lowest BCUT2D eigenvalue weighted by atomic mass is 10.0. The molecular formula is C43H64N2O5. The smallest absolute Gasteiger partial charge is 0.265 e. The van der Waals surface area contributed by atoms with Gasteiger partial charge in [-0.15, -0.1) is 0 Å². The number of Topliss-reactive ketones (excluding diaryl/α,β-unsaturated/α-hetero) is 1. The molecule has 0 fully saturated rings. The van der Waals surface area contributed by atoms with Crippen molar-refractivity contribution in [2.24, 2.45) is 0 Å². The molecule has 4 N–H and O–H groups in total. The summed E-state index contributed by atoms with van der Waals surface area (Å²) in [7, 11) is 1.61. The maximum Gasteiger partial charge on any atom is 0.265 e. The van der Waals surface area contributed by atoms with E-state index in [1.54, 1.807) is 14.0 Å². The summed E-state index contributed by atoms with van der Waals surface area (Å²) in [4.78, 5) is 23.6. The van der Waals surface area contributed by atoms with E-state index >= 15 is 0 Å². The summed E-state index contributed by atoms with van der Waals surface area (Å²) in [5, 5.41) is 18.1. The third-order valence-electron chi connectivity index (χ3n) is 7.06. The first-order valence-electron chi connectivity index (χ1n) is 17.8. The number of likely N-dealkylation sites (N-methyl/N-ethyl adjacent to an activating group) is 1. The summed E-state index contributed by atoms with van der Waals surface area (Å²) in [5.41, 5.74) is 6.30. The first-order valence-corrected chi connectivity index (χ1v) is 17.8. The fourth-order valence-corrected chi connectivity index (χ4v) is 4.43. The average molecular weight is 689 g/mol. The molecule has 0 saturated carbocycles. The molecule has 0 aromatic heterocycles. The molecule has 7 heteroatoms. The van der Waals surface area contributed by atoms with E-state index < -0.39 is 6.10 Å². The number of carbonyl (C=O) groups is 2. The summed E-state index contributed by atoms with van der Waals surface area (Å²) in [6, 6.07) is 34.0. The van der Waals surface area contributed by atoms with Crippen LogP contribution >= 0.6 is 0 Å². The number of carbonyl (C=O) groups excluding carboxylic acids is 2. The molecular weight excluding hydrogens is 624 g/mol. The number of benzene rings is 4. The molecule has 50 heavy (non-hydrogen) atoms. The van der Waals surface area contributed by atoms with Crippen molar-refractivity contribution in [1.82, 2.24) is 5.32 Å². The molecule has 0 bridgehead atoms. The Hall–Kier alpha value is -4.46. The zero-order chi connectivity index (χ0) is 38.3. The monoisotopic (exact) mass is 688 g/mol. The van der Waals surface area contributed by atoms with Gasteiger partial charge in [-0.25, -0.2) is 0 Å². The van der Waals surface area contributed by atoms with Crippen LogP contribution in [0, 0.1) is 13.8 Å². The van der Waals surface area contributed by atoms with E-state index in [1.165, 1.54) is 24.0 Å². The van der Waals surface area contributed by atoms with Gasteiger partial charge in [0, 0.05) is 29.9 Å². The predicted octanol–water partition coefficient (Wildman–Crippen LogP) is 11.4. The molecule has 0 aliphatic heterocycles. The molecule has 1 amide bonds. The second-order valence-corrected chi connectivity index (χ2v) is 11.0. The third kappa shape index (κ3) is 20.1. The topological polar surface area (TPSA) is 108 Å². The van der Waals surface area contributed by atoms with Crippen LogP contribution in [-0.4, -0.2) is 35.3 Å². The van der Waals surface area contributed by atoms with Gasteiger partial charge in [0.15, 0.2) is 5.78 Å². The summed E-state index contributed by atoms with van der Waals surface area (Å²) < 4.78 is 5.84. The molecule has 0 aliphatic rings. The van der Waals surface area contributed by atoms with E-state index in [1.807, 2.05) is 126 Å². The van der Waals surface area contributed by atoms with Crippen molar-refractivity contribution < 1.29 is 24.8 Å². The fraction of sp³-hybridized carbons (Fsp3) is 0.395. The molecule has 0 heterocycles. The number of aryl methyl sites for hydroxylation is 3. The summed E-state index contributed by atoms with van der Waals surface area (Å²) in [6.07, 6.45) is 3.92. The Kier molecular flexibility index (Phi) is 29.2. The predicted molar refractivity (Wildman–Crippen MR) is 213 cm³/mol. The van der Waals surface area contributed by atoms with Crippen molar-refractivity contribution in [1.29, 1.82) is 0 Å². The molecule has 4 aromatic rings. The van der Waals surface area contributed by atoms with E-state index in [0.29, 0.717) is 11.8 Å². The second-order valence-electron chi connectivity index (χ2n) is 11.0. The van der Waals surface area contributed by atoms with Crippen LogP contribution in [0.5, 0.6) is 5.75 Å². The quantitative estimate of drug-likeness (QED) is 0.0709. The number of ether oxygens (including phenoxy) is 1. The van der Waals surface area contributed by atoms with Gasteiger partial charge < -0.3 is 15.4 Å². The van der Waals surface area contributed by atoms with Crippen LogP contribution in [0.2, 0.25) is 0 Å². The highest BCUT2D eigenvalue weighted by Crippen LogP contribution is 2.23. The van der Waals surface area contributed by atoms with Gasteiger partial charge in [-0.1, -0.05) is 144 Å². The summed E-state index contributed by atoms with van der Waals surface area (Å²) in [6.45, 7) is 20.2. The molecule has 0 radical (unpaired) electrons. The van der Waals surface area contributed by atoms with E-state index in [4.69, 9.17) is 15.3 Å². The number of nitrogens with one attached hydrogen (secondary N) is 2. The van der Waals surface area contributed by atoms with Gasteiger partial charge in [0.1, 0.15) is 5.75 Å². The van der Waals surface area contributed by atoms with Crippen LogP contribution < -0.4 is 15.4 Å². The Morgan fingerprint density at radius 2 is 1.30 bits per heavy atom. The van der Waals surface area contributed by atoms with Gasteiger partial charge >= 0.3 is 0 Å². The molecule has 7 nitrogen and oxygen atoms in total. The first kappa shape index (κ1) is 47.7. The van der Waals surface area contributed by atoms with E-state index in [9.17, 15) is 9.59 Å². The van der Waals surface area contributed by atoms with E-state index in [0.717, 1.165) is 35.2 Å². The lowest BCUT2D eigenvalue weighted by molar-refractivity contribution is -0.176. The highest BCUT2D eigenvalue weighted by molar-refractivity contribution is 5.99. The largest absolute Gasteiger partial charge is 0.476 e. The number of unbranched alkanes of at least 4 members (excludes halogenated alkanes) is 1. The van der Waals surface area contributed by atoms with E-state index in [2.05, 4.69) is 50.5 Å². The normalized spacial score (nSPS) is 10.4. The van der Waals surface area contributed by atoms with Crippen molar-refractivity contribution in [2.45, 2.75) is 107 Å². The van der Waals surface area contributed by atoms with Crippen LogP contribution in [0.4, 0.5) is 5.69 Å². The number of hydrogen-bond donors (Lipinski definition) is 4. The van der Waals surface area contributed by atoms with Gasteiger partial charge in [0.05, 0.1) is 0 Å². The van der Waals surface area contributed by atoms with Crippen molar-refractivity contribution in [3.63, 3.8) is 0 Å². The van der Waals surface area contributed by atoms with Gasteiger partial charge in [0.2, 0.25) is 6.10 Å². The minimum absolute atomic E-state index is 0.124. The number of anilines is 1. The van der Waals surface area contributed by atoms with Crippen LogP contribution in [0.25, 0.3) is 0 Å². The van der Waals surface area contributed by atoms with Crippen LogP contribution in [0.3, 0.4) is 0 Å². The van der Waals surface area contributed by atoms with Crippen molar-refractivity contribution in [3.05, 3.63) is 131 Å². The Morgan fingerprint density at radius 3 is 1.74 bits per heavy atom. The lowest BCUT2D eigenvalue weighted by Gasteiger charge is -2.18. The highest BCUT2D eigenvalue weighted by Gasteiger charge is 2.21. The molecule has 276 valence electrons. The van der Waals surface area contributed by atoms with Gasteiger partial charge in [-0.2, -0.15) is 0 Å². The van der Waals surface area contributed by atoms with Gasteiger partial charge in [-0.3, -0.25) is 20.1 Å². The number of ketones is 1. The SMILES string of the molecule is CC.CC.CCCCC(C)Nc1ccc(C)cc1C(C)=O.CCc1ccc(OC(C(=O)NC)c2ccccc2)cc1.Cc1ccccc1.OO.